The van der Waals surface area contributed by atoms with Crippen molar-refractivity contribution in [2.24, 2.45) is 5.73 Å². The van der Waals surface area contributed by atoms with Crippen LogP contribution in [0.1, 0.15) is 12.0 Å². The van der Waals surface area contributed by atoms with Crippen LogP contribution in [-0.2, 0) is 11.3 Å². The van der Waals surface area contributed by atoms with E-state index in [-0.39, 0.29) is 11.9 Å². The van der Waals surface area contributed by atoms with Crippen molar-refractivity contribution in [1.29, 1.82) is 0 Å². The summed E-state index contributed by atoms with van der Waals surface area (Å²) >= 11 is 3.42. The van der Waals surface area contributed by atoms with E-state index in [0.717, 1.165) is 11.0 Å². The van der Waals surface area contributed by atoms with Crippen LogP contribution in [0.15, 0.2) is 28.7 Å². The van der Waals surface area contributed by atoms with Gasteiger partial charge < -0.3 is 10.6 Å². The van der Waals surface area contributed by atoms with Gasteiger partial charge in [-0.15, -0.1) is 0 Å². The van der Waals surface area contributed by atoms with Crippen molar-refractivity contribution in [3.63, 3.8) is 0 Å². The molecule has 0 aliphatic rings. The summed E-state index contributed by atoms with van der Waals surface area (Å²) in [5.74, 6) is 0.109. The maximum atomic E-state index is 11.8. The number of nitrogens with two attached hydrogens (primary N) is 1. The number of hydrogen-bond acceptors (Lipinski definition) is 3. The molecule has 0 aliphatic carbocycles. The average molecular weight is 328 g/mol. The lowest BCUT2D eigenvalue weighted by molar-refractivity contribution is -0.129. The molecular weight excluding hydrogens is 306 g/mol. The second kappa shape index (κ2) is 7.62. The van der Waals surface area contributed by atoms with Crippen molar-refractivity contribution < 1.29 is 4.79 Å². The van der Waals surface area contributed by atoms with Gasteiger partial charge in [0.05, 0.1) is 0 Å². The van der Waals surface area contributed by atoms with E-state index in [9.17, 15) is 4.79 Å². The summed E-state index contributed by atoms with van der Waals surface area (Å²) in [5.41, 5.74) is 6.99. The Morgan fingerprint density at radius 2 is 1.84 bits per heavy atom. The van der Waals surface area contributed by atoms with Crippen molar-refractivity contribution >= 4 is 21.8 Å². The topological polar surface area (TPSA) is 49.6 Å². The molecule has 0 spiro atoms. The van der Waals surface area contributed by atoms with Crippen molar-refractivity contribution in [2.75, 3.05) is 27.7 Å². The minimum Gasteiger partial charge on any atom is -0.349 e. The quantitative estimate of drug-likeness (QED) is 0.864. The summed E-state index contributed by atoms with van der Waals surface area (Å²) in [6, 6.07) is 8.25. The van der Waals surface area contributed by atoms with Crippen LogP contribution in [0.5, 0.6) is 0 Å². The zero-order valence-corrected chi connectivity index (χ0v) is 13.4. The highest BCUT2D eigenvalue weighted by atomic mass is 79.9. The van der Waals surface area contributed by atoms with Crippen LogP contribution in [0, 0.1) is 0 Å². The molecule has 0 heterocycles. The molecule has 5 heteroatoms. The highest BCUT2D eigenvalue weighted by Gasteiger charge is 2.18. The Balaban J connectivity index is 2.60. The van der Waals surface area contributed by atoms with E-state index >= 15 is 0 Å². The van der Waals surface area contributed by atoms with Crippen molar-refractivity contribution in [1.82, 2.24) is 9.80 Å². The van der Waals surface area contributed by atoms with Crippen molar-refractivity contribution in [3.05, 3.63) is 34.3 Å². The monoisotopic (exact) mass is 327 g/mol. The predicted molar refractivity (Wildman–Crippen MR) is 81.8 cm³/mol. The minimum atomic E-state index is 0.0681. The second-order valence-corrected chi connectivity index (χ2v) is 5.84. The number of hydrogen-bond donors (Lipinski definition) is 1. The van der Waals surface area contributed by atoms with Gasteiger partial charge in [0.25, 0.3) is 0 Å². The fourth-order valence-electron chi connectivity index (χ4n) is 1.81. The molecule has 2 N–H and O–H groups in total. The molecule has 1 aromatic carbocycles. The molecule has 0 aromatic heterocycles. The molecule has 1 aromatic rings. The Bertz CT molecular complexity index is 406. The molecule has 1 unspecified atom stereocenters. The van der Waals surface area contributed by atoms with Gasteiger partial charge in [-0.05, 0) is 24.7 Å². The van der Waals surface area contributed by atoms with Crippen LogP contribution in [0.3, 0.4) is 0 Å². The van der Waals surface area contributed by atoms with Crippen LogP contribution < -0.4 is 5.73 Å². The van der Waals surface area contributed by atoms with Crippen molar-refractivity contribution in [2.45, 2.75) is 19.0 Å². The molecule has 0 saturated heterocycles. The normalized spacial score (nSPS) is 12.5. The predicted octanol–water partition coefficient (Wildman–Crippen LogP) is 1.69. The lowest BCUT2D eigenvalue weighted by Gasteiger charge is -2.27. The van der Waals surface area contributed by atoms with Gasteiger partial charge in [-0.1, -0.05) is 28.1 Å². The Morgan fingerprint density at radius 3 is 2.32 bits per heavy atom. The molecular formula is C14H22BrN3O. The van der Waals surface area contributed by atoms with E-state index in [4.69, 9.17) is 5.73 Å². The van der Waals surface area contributed by atoms with Gasteiger partial charge in [-0.3, -0.25) is 9.69 Å². The number of carbonyl (C=O) groups excluding carboxylic acids is 1. The van der Waals surface area contributed by atoms with E-state index < -0.39 is 0 Å². The minimum absolute atomic E-state index is 0.0681. The van der Waals surface area contributed by atoms with E-state index in [1.165, 1.54) is 5.56 Å². The van der Waals surface area contributed by atoms with Gasteiger partial charge >= 0.3 is 0 Å². The summed E-state index contributed by atoms with van der Waals surface area (Å²) in [4.78, 5) is 15.5. The van der Waals surface area contributed by atoms with Gasteiger partial charge in [0, 0.05) is 44.1 Å². The number of amides is 1. The zero-order valence-electron chi connectivity index (χ0n) is 11.8. The summed E-state index contributed by atoms with van der Waals surface area (Å²) in [6.07, 6.45) is 0.455. The van der Waals surface area contributed by atoms with Crippen LogP contribution in [0.2, 0.25) is 0 Å². The van der Waals surface area contributed by atoms with E-state index in [1.807, 2.05) is 19.2 Å². The van der Waals surface area contributed by atoms with Crippen LogP contribution in [-0.4, -0.2) is 49.4 Å². The first kappa shape index (κ1) is 16.1. The molecule has 0 fully saturated rings. The van der Waals surface area contributed by atoms with Gasteiger partial charge in [-0.25, -0.2) is 0 Å². The van der Waals surface area contributed by atoms with E-state index in [1.54, 1.807) is 19.0 Å². The third-order valence-electron chi connectivity index (χ3n) is 3.15. The first-order valence-electron chi connectivity index (χ1n) is 6.29. The largest absolute Gasteiger partial charge is 0.349 e. The number of halogens is 1. The zero-order chi connectivity index (χ0) is 14.4. The molecule has 1 atom stereocenters. The Hall–Kier alpha value is -0.910. The highest BCUT2D eigenvalue weighted by Crippen LogP contribution is 2.13. The first-order chi connectivity index (χ1) is 8.93. The lowest BCUT2D eigenvalue weighted by atomic mass is 10.1. The smallest absolute Gasteiger partial charge is 0.223 e. The molecule has 1 rings (SSSR count). The van der Waals surface area contributed by atoms with E-state index in [2.05, 4.69) is 33.0 Å². The van der Waals surface area contributed by atoms with Crippen molar-refractivity contribution in [3.8, 4) is 0 Å². The van der Waals surface area contributed by atoms with Gasteiger partial charge in [0.2, 0.25) is 5.91 Å². The number of rotatable bonds is 6. The Kier molecular flexibility index (Phi) is 6.48. The number of likely N-dealkylation sites (N-methyl/N-ethyl adjacent to an activating group) is 1. The number of nitrogens with zero attached hydrogens (tertiary/aromatic N) is 2. The maximum absolute atomic E-state index is 11.8. The molecule has 0 radical (unpaired) electrons. The molecule has 4 nitrogen and oxygen atoms in total. The van der Waals surface area contributed by atoms with Crippen LogP contribution >= 0.6 is 15.9 Å². The SMILES string of the molecule is CN(C)C(=O)CC(CN)N(C)Cc1ccc(Br)cc1. The molecule has 1 amide bonds. The maximum Gasteiger partial charge on any atom is 0.223 e. The third-order valence-corrected chi connectivity index (χ3v) is 3.68. The molecule has 0 bridgehead atoms. The number of benzene rings is 1. The number of carbonyl (C=O) groups is 1. The molecule has 0 aliphatic heterocycles. The summed E-state index contributed by atoms with van der Waals surface area (Å²) in [5, 5.41) is 0. The summed E-state index contributed by atoms with van der Waals surface area (Å²) < 4.78 is 1.07. The third kappa shape index (κ3) is 5.30. The molecule has 0 saturated carbocycles. The molecule has 106 valence electrons. The van der Waals surface area contributed by atoms with Gasteiger partial charge in [0.1, 0.15) is 0 Å². The first-order valence-corrected chi connectivity index (χ1v) is 7.08. The summed E-state index contributed by atoms with van der Waals surface area (Å²) in [6.45, 7) is 1.27. The average Bonchev–Trinajstić information content (AvgIpc) is 2.38. The van der Waals surface area contributed by atoms with Gasteiger partial charge in [-0.2, -0.15) is 0 Å². The molecule has 19 heavy (non-hydrogen) atoms. The van der Waals surface area contributed by atoms with Crippen LogP contribution in [0.25, 0.3) is 0 Å². The second-order valence-electron chi connectivity index (χ2n) is 4.92. The fourth-order valence-corrected chi connectivity index (χ4v) is 2.07. The standard InChI is InChI=1S/C14H22BrN3O/c1-17(2)14(19)8-13(9-16)18(3)10-11-4-6-12(15)7-5-11/h4-7,13H,8-10,16H2,1-3H3. The Labute approximate surface area is 123 Å². The highest BCUT2D eigenvalue weighted by molar-refractivity contribution is 9.10. The van der Waals surface area contributed by atoms with Gasteiger partial charge in [0.15, 0.2) is 0 Å². The van der Waals surface area contributed by atoms with E-state index in [0.29, 0.717) is 13.0 Å². The lowest BCUT2D eigenvalue weighted by Crippen LogP contribution is -2.41. The van der Waals surface area contributed by atoms with Crippen LogP contribution in [0.4, 0.5) is 0 Å². The fraction of sp³-hybridized carbons (Fsp3) is 0.500. The Morgan fingerprint density at radius 1 is 1.26 bits per heavy atom. The summed E-state index contributed by atoms with van der Waals surface area (Å²) in [7, 11) is 5.54.